The summed E-state index contributed by atoms with van der Waals surface area (Å²) in [4.78, 5) is 16.9. The fourth-order valence-corrected chi connectivity index (χ4v) is 3.45. The molecule has 4 rings (SSSR count). The van der Waals surface area contributed by atoms with E-state index in [9.17, 15) is 4.79 Å². The molecule has 0 aliphatic rings. The molecule has 2 aromatic heterocycles. The minimum atomic E-state index is -0.473. The molecule has 0 saturated heterocycles. The number of rotatable bonds is 6. The first-order valence-corrected chi connectivity index (χ1v) is 9.56. The molecule has 0 unspecified atom stereocenters. The van der Waals surface area contributed by atoms with Gasteiger partial charge in [-0.25, -0.2) is 9.78 Å². The van der Waals surface area contributed by atoms with Crippen LogP contribution in [0.1, 0.15) is 5.56 Å². The van der Waals surface area contributed by atoms with Crippen molar-refractivity contribution in [3.63, 3.8) is 0 Å². The van der Waals surface area contributed by atoms with Crippen LogP contribution in [0.25, 0.3) is 22.2 Å². The van der Waals surface area contributed by atoms with Crippen LogP contribution in [0.2, 0.25) is 0 Å². The Labute approximate surface area is 170 Å². The van der Waals surface area contributed by atoms with Gasteiger partial charge in [0.1, 0.15) is 5.75 Å². The quantitative estimate of drug-likeness (QED) is 0.290. The van der Waals surface area contributed by atoms with E-state index in [0.29, 0.717) is 27.7 Å². The number of nitrogens with one attached hydrogen (secondary N) is 1. The van der Waals surface area contributed by atoms with Crippen molar-refractivity contribution in [2.75, 3.05) is 19.6 Å². The number of fused-ring (bicyclic) bond motifs is 1. The molecule has 1 N–H and O–H groups in total. The first kappa shape index (κ1) is 18.7. The van der Waals surface area contributed by atoms with Gasteiger partial charge in [-0.05, 0) is 29.8 Å². The summed E-state index contributed by atoms with van der Waals surface area (Å²) in [6.07, 6.45) is 1.67. The first-order chi connectivity index (χ1) is 14.2. The van der Waals surface area contributed by atoms with Crippen LogP contribution >= 0.6 is 11.3 Å². The Bertz CT molecular complexity index is 1250. The van der Waals surface area contributed by atoms with E-state index in [0.717, 1.165) is 16.7 Å². The average Bonchev–Trinajstić information content (AvgIpc) is 3.21. The number of hydrogen-bond donors (Lipinski definition) is 1. The summed E-state index contributed by atoms with van der Waals surface area (Å²) in [7, 11) is 3.15. The van der Waals surface area contributed by atoms with Crippen molar-refractivity contribution >= 4 is 33.7 Å². The van der Waals surface area contributed by atoms with Gasteiger partial charge in [-0.2, -0.15) is 5.10 Å². The van der Waals surface area contributed by atoms with Gasteiger partial charge >= 0.3 is 5.63 Å². The van der Waals surface area contributed by atoms with E-state index in [1.165, 1.54) is 18.4 Å². The number of hydrogen-bond acceptors (Lipinski definition) is 8. The number of hydrazone groups is 1. The van der Waals surface area contributed by atoms with Gasteiger partial charge in [0, 0.05) is 10.8 Å². The molecule has 0 fully saturated rings. The van der Waals surface area contributed by atoms with Crippen LogP contribution < -0.4 is 20.5 Å². The van der Waals surface area contributed by atoms with E-state index in [1.807, 2.05) is 36.4 Å². The number of benzene rings is 2. The van der Waals surface area contributed by atoms with Crippen LogP contribution in [-0.2, 0) is 0 Å². The summed E-state index contributed by atoms with van der Waals surface area (Å²) in [5, 5.41) is 7.29. The van der Waals surface area contributed by atoms with E-state index in [-0.39, 0.29) is 0 Å². The predicted molar refractivity (Wildman–Crippen MR) is 114 cm³/mol. The van der Waals surface area contributed by atoms with Gasteiger partial charge in [0.15, 0.2) is 11.3 Å². The minimum absolute atomic E-state index is 0.381. The number of ether oxygens (including phenoxy) is 2. The lowest BCUT2D eigenvalue weighted by Crippen LogP contribution is -2.03. The molecular weight excluding hydrogens is 390 g/mol. The van der Waals surface area contributed by atoms with Crippen LogP contribution in [0.5, 0.6) is 11.5 Å². The van der Waals surface area contributed by atoms with Crippen molar-refractivity contribution in [3.05, 3.63) is 69.9 Å². The molecule has 7 nitrogen and oxygen atoms in total. The van der Waals surface area contributed by atoms with Gasteiger partial charge in [-0.1, -0.05) is 24.3 Å². The highest BCUT2D eigenvalue weighted by molar-refractivity contribution is 7.14. The fraction of sp³-hybridized carbons (Fsp3) is 0.0952. The summed E-state index contributed by atoms with van der Waals surface area (Å²) in [5.74, 6) is 1.27. The molecule has 146 valence electrons. The Balaban J connectivity index is 1.56. The smallest absolute Gasteiger partial charge is 0.345 e. The van der Waals surface area contributed by atoms with Crippen molar-refractivity contribution < 1.29 is 13.9 Å². The second-order valence-electron chi connectivity index (χ2n) is 6.01. The normalized spacial score (nSPS) is 11.1. The molecule has 29 heavy (non-hydrogen) atoms. The molecule has 0 radical (unpaired) electrons. The van der Waals surface area contributed by atoms with Crippen LogP contribution in [-0.4, -0.2) is 25.4 Å². The molecule has 2 aromatic carbocycles. The third-order valence-corrected chi connectivity index (χ3v) is 4.94. The molecule has 0 bridgehead atoms. The van der Waals surface area contributed by atoms with E-state index in [1.54, 1.807) is 30.8 Å². The lowest BCUT2D eigenvalue weighted by molar-refractivity contribution is 0.407. The Morgan fingerprint density at radius 1 is 1.14 bits per heavy atom. The second-order valence-corrected chi connectivity index (χ2v) is 6.87. The first-order valence-electron chi connectivity index (χ1n) is 8.68. The molecular formula is C21H17N3O4S. The van der Waals surface area contributed by atoms with Gasteiger partial charge in [0.25, 0.3) is 0 Å². The monoisotopic (exact) mass is 407 g/mol. The van der Waals surface area contributed by atoms with E-state index in [2.05, 4.69) is 15.5 Å². The number of thiazole rings is 1. The number of nitrogens with zero attached hydrogens (tertiary/aromatic N) is 2. The zero-order valence-electron chi connectivity index (χ0n) is 15.7. The van der Waals surface area contributed by atoms with Crippen molar-refractivity contribution in [3.8, 4) is 22.8 Å². The van der Waals surface area contributed by atoms with Crippen LogP contribution in [0.15, 0.2) is 68.2 Å². The Morgan fingerprint density at radius 2 is 2.00 bits per heavy atom. The molecule has 0 saturated carbocycles. The number of methoxy groups -OCH3 is 2. The van der Waals surface area contributed by atoms with E-state index >= 15 is 0 Å². The Kier molecular flexibility index (Phi) is 5.26. The summed E-state index contributed by atoms with van der Waals surface area (Å²) in [6.45, 7) is 0. The number of aromatic nitrogens is 1. The van der Waals surface area contributed by atoms with Crippen LogP contribution in [0, 0.1) is 0 Å². The molecule has 2 heterocycles. The van der Waals surface area contributed by atoms with Gasteiger partial charge in [-0.15, -0.1) is 11.3 Å². The molecule has 0 aliphatic heterocycles. The number of para-hydroxylation sites is 1. The van der Waals surface area contributed by atoms with Gasteiger partial charge in [0.05, 0.1) is 31.7 Å². The predicted octanol–water partition coefficient (Wildman–Crippen LogP) is 4.38. The maximum Gasteiger partial charge on any atom is 0.345 e. The van der Waals surface area contributed by atoms with Crippen molar-refractivity contribution in [2.24, 2.45) is 5.10 Å². The third kappa shape index (κ3) is 3.97. The second kappa shape index (κ2) is 8.15. The highest BCUT2D eigenvalue weighted by atomic mass is 32.1. The lowest BCUT2D eigenvalue weighted by Gasteiger charge is -2.04. The van der Waals surface area contributed by atoms with Gasteiger partial charge in [0.2, 0.25) is 5.13 Å². The zero-order chi connectivity index (χ0) is 20.2. The van der Waals surface area contributed by atoms with Crippen LogP contribution in [0.4, 0.5) is 5.13 Å². The molecule has 4 aromatic rings. The number of anilines is 1. The fourth-order valence-electron chi connectivity index (χ4n) is 2.79. The van der Waals surface area contributed by atoms with Crippen LogP contribution in [0.3, 0.4) is 0 Å². The highest BCUT2D eigenvalue weighted by Crippen LogP contribution is 2.29. The SMILES string of the molecule is COc1cccc(/C=N\Nc2nc(-c3cc4cccc(OC)c4oc3=O)cs2)c1. The Hall–Kier alpha value is -3.65. The summed E-state index contributed by atoms with van der Waals surface area (Å²) in [6, 6.07) is 14.7. The van der Waals surface area contributed by atoms with Crippen molar-refractivity contribution in [1.82, 2.24) is 4.98 Å². The molecule has 0 amide bonds. The largest absolute Gasteiger partial charge is 0.497 e. The summed E-state index contributed by atoms with van der Waals surface area (Å²) in [5.41, 5.74) is 4.61. The minimum Gasteiger partial charge on any atom is -0.497 e. The molecule has 0 atom stereocenters. The standard InChI is InChI=1S/C21H17N3O4S/c1-26-15-7-3-5-13(9-15)11-22-24-21-23-17(12-29-21)16-10-14-6-4-8-18(27-2)19(14)28-20(16)25/h3-12H,1-2H3,(H,23,24)/b22-11-. The lowest BCUT2D eigenvalue weighted by atomic mass is 10.1. The Morgan fingerprint density at radius 3 is 2.83 bits per heavy atom. The summed E-state index contributed by atoms with van der Waals surface area (Å²) >= 11 is 1.34. The molecule has 0 spiro atoms. The summed E-state index contributed by atoms with van der Waals surface area (Å²) < 4.78 is 15.9. The molecule has 8 heteroatoms. The van der Waals surface area contributed by atoms with Gasteiger partial charge in [-0.3, -0.25) is 5.43 Å². The zero-order valence-corrected chi connectivity index (χ0v) is 16.5. The van der Waals surface area contributed by atoms with E-state index in [4.69, 9.17) is 13.9 Å². The average molecular weight is 407 g/mol. The van der Waals surface area contributed by atoms with Gasteiger partial charge < -0.3 is 13.9 Å². The maximum atomic E-state index is 12.5. The van der Waals surface area contributed by atoms with Crippen molar-refractivity contribution in [1.29, 1.82) is 0 Å². The maximum absolute atomic E-state index is 12.5. The van der Waals surface area contributed by atoms with E-state index < -0.39 is 5.63 Å². The third-order valence-electron chi connectivity index (χ3n) is 4.19. The molecule has 0 aliphatic carbocycles. The highest BCUT2D eigenvalue weighted by Gasteiger charge is 2.13. The van der Waals surface area contributed by atoms with Crippen molar-refractivity contribution in [2.45, 2.75) is 0 Å². The topological polar surface area (TPSA) is 85.9 Å².